The van der Waals surface area contributed by atoms with Crippen LogP contribution in [0.5, 0.6) is 0 Å². The van der Waals surface area contributed by atoms with E-state index in [2.05, 4.69) is 9.84 Å². The number of esters is 1. The Kier molecular flexibility index (Phi) is 4.02. The third kappa shape index (κ3) is 3.41. The Bertz CT molecular complexity index is 429. The van der Waals surface area contributed by atoms with Gasteiger partial charge >= 0.3 is 12.0 Å². The van der Waals surface area contributed by atoms with Crippen molar-refractivity contribution in [1.29, 1.82) is 0 Å². The van der Waals surface area contributed by atoms with Crippen molar-refractivity contribution < 1.29 is 14.3 Å². The highest BCUT2D eigenvalue weighted by Crippen LogP contribution is 2.04. The molecule has 0 atom stereocenters. The van der Waals surface area contributed by atoms with E-state index in [1.165, 1.54) is 13.3 Å². The van der Waals surface area contributed by atoms with E-state index in [4.69, 9.17) is 5.73 Å². The minimum atomic E-state index is -0.750. The number of nitrogens with one attached hydrogen (secondary N) is 1. The number of nitrogens with two attached hydrogens (primary N) is 1. The highest BCUT2D eigenvalue weighted by Gasteiger charge is 2.04. The molecule has 1 aromatic carbocycles. The molecule has 0 aliphatic carbocycles. The fourth-order valence-corrected chi connectivity index (χ4v) is 1.03. The maximum absolute atomic E-state index is 11.2. The molecule has 0 aliphatic rings. The van der Waals surface area contributed by atoms with Gasteiger partial charge in [0, 0.05) is 0 Å². The van der Waals surface area contributed by atoms with Crippen LogP contribution in [-0.4, -0.2) is 25.3 Å². The number of rotatable bonds is 3. The van der Waals surface area contributed by atoms with E-state index in [1.807, 2.05) is 5.43 Å². The molecule has 1 aromatic rings. The maximum atomic E-state index is 11.2. The summed E-state index contributed by atoms with van der Waals surface area (Å²) in [5.41, 5.74) is 7.92. The third-order valence-electron chi connectivity index (χ3n) is 1.70. The fraction of sp³-hybridized carbons (Fsp3) is 0.100. The Morgan fingerprint density at radius 3 is 2.88 bits per heavy atom. The van der Waals surface area contributed by atoms with Gasteiger partial charge in [-0.15, -0.1) is 0 Å². The molecule has 0 unspecified atom stereocenters. The van der Waals surface area contributed by atoms with Gasteiger partial charge in [0.1, 0.15) is 0 Å². The van der Waals surface area contributed by atoms with Crippen LogP contribution in [-0.2, 0) is 4.74 Å². The Balaban J connectivity index is 2.78. The van der Waals surface area contributed by atoms with E-state index >= 15 is 0 Å². The van der Waals surface area contributed by atoms with Crippen LogP contribution < -0.4 is 11.2 Å². The second-order valence-corrected chi connectivity index (χ2v) is 2.85. The van der Waals surface area contributed by atoms with Gasteiger partial charge in [-0.2, -0.15) is 5.10 Å². The Hall–Kier alpha value is -2.37. The Labute approximate surface area is 92.1 Å². The van der Waals surface area contributed by atoms with Crippen molar-refractivity contribution in [3.8, 4) is 0 Å². The van der Waals surface area contributed by atoms with Crippen molar-refractivity contribution in [1.82, 2.24) is 5.43 Å². The normalized spacial score (nSPS) is 10.1. The van der Waals surface area contributed by atoms with Crippen molar-refractivity contribution >= 4 is 18.2 Å². The first-order valence-electron chi connectivity index (χ1n) is 4.40. The number of methoxy groups -OCH3 is 1. The van der Waals surface area contributed by atoms with Gasteiger partial charge in [-0.1, -0.05) is 12.1 Å². The molecule has 0 saturated carbocycles. The highest BCUT2D eigenvalue weighted by molar-refractivity contribution is 5.92. The lowest BCUT2D eigenvalue weighted by Crippen LogP contribution is -2.24. The van der Waals surface area contributed by atoms with Gasteiger partial charge in [0.05, 0.1) is 18.9 Å². The number of urea groups is 1. The Morgan fingerprint density at radius 1 is 1.50 bits per heavy atom. The van der Waals surface area contributed by atoms with Crippen LogP contribution in [0, 0.1) is 0 Å². The van der Waals surface area contributed by atoms with Gasteiger partial charge in [-0.25, -0.2) is 15.0 Å². The summed E-state index contributed by atoms with van der Waals surface area (Å²) >= 11 is 0. The predicted molar refractivity (Wildman–Crippen MR) is 58.1 cm³/mol. The first-order chi connectivity index (χ1) is 7.63. The van der Waals surface area contributed by atoms with Crippen LogP contribution in [0.3, 0.4) is 0 Å². The number of nitrogens with zero attached hydrogens (tertiary/aromatic N) is 1. The van der Waals surface area contributed by atoms with Gasteiger partial charge in [-0.05, 0) is 17.7 Å². The molecule has 0 spiro atoms. The molecule has 6 nitrogen and oxygen atoms in total. The number of benzene rings is 1. The highest BCUT2D eigenvalue weighted by atomic mass is 16.5. The molecule has 0 aromatic heterocycles. The van der Waals surface area contributed by atoms with Gasteiger partial charge in [-0.3, -0.25) is 0 Å². The topological polar surface area (TPSA) is 93.8 Å². The molecular weight excluding hydrogens is 210 g/mol. The van der Waals surface area contributed by atoms with Crippen molar-refractivity contribution in [3.05, 3.63) is 35.4 Å². The van der Waals surface area contributed by atoms with Gasteiger partial charge in [0.15, 0.2) is 0 Å². The fourth-order valence-electron chi connectivity index (χ4n) is 1.03. The number of hydrogen-bond acceptors (Lipinski definition) is 4. The van der Waals surface area contributed by atoms with Crippen LogP contribution >= 0.6 is 0 Å². The summed E-state index contributed by atoms with van der Waals surface area (Å²) in [7, 11) is 1.30. The van der Waals surface area contributed by atoms with Crippen molar-refractivity contribution in [2.75, 3.05) is 7.11 Å². The first kappa shape index (κ1) is 11.7. The second-order valence-electron chi connectivity index (χ2n) is 2.85. The average molecular weight is 221 g/mol. The molecule has 0 fully saturated rings. The number of amides is 2. The summed E-state index contributed by atoms with van der Waals surface area (Å²) in [4.78, 5) is 21.5. The molecule has 6 heteroatoms. The molecule has 84 valence electrons. The van der Waals surface area contributed by atoms with Crippen LogP contribution in [0.25, 0.3) is 0 Å². The van der Waals surface area contributed by atoms with Crippen LogP contribution in [0.15, 0.2) is 29.4 Å². The molecule has 16 heavy (non-hydrogen) atoms. The molecule has 0 saturated heterocycles. The average Bonchev–Trinajstić information content (AvgIpc) is 2.28. The minimum absolute atomic E-state index is 0.408. The molecule has 0 bridgehead atoms. The monoisotopic (exact) mass is 221 g/mol. The molecule has 0 radical (unpaired) electrons. The lowest BCUT2D eigenvalue weighted by molar-refractivity contribution is 0.0600. The van der Waals surface area contributed by atoms with Crippen LogP contribution in [0.2, 0.25) is 0 Å². The van der Waals surface area contributed by atoms with Crippen molar-refractivity contribution in [2.45, 2.75) is 0 Å². The first-order valence-corrected chi connectivity index (χ1v) is 4.40. The SMILES string of the molecule is COC(=O)c1cccc(/C=N/NC(N)=O)c1. The zero-order valence-corrected chi connectivity index (χ0v) is 8.64. The van der Waals surface area contributed by atoms with E-state index in [0.29, 0.717) is 11.1 Å². The summed E-state index contributed by atoms with van der Waals surface area (Å²) in [5, 5.41) is 3.57. The van der Waals surface area contributed by atoms with Gasteiger partial charge < -0.3 is 10.5 Å². The number of carbonyl (C=O) groups is 2. The van der Waals surface area contributed by atoms with Crippen LogP contribution in [0.1, 0.15) is 15.9 Å². The number of carbonyl (C=O) groups excluding carboxylic acids is 2. The molecule has 0 heterocycles. The third-order valence-corrected chi connectivity index (χ3v) is 1.70. The van der Waals surface area contributed by atoms with E-state index < -0.39 is 12.0 Å². The standard InChI is InChI=1S/C10H11N3O3/c1-16-9(14)8-4-2-3-7(5-8)6-12-13-10(11)15/h2-6H,1H3,(H3,11,13,15)/b12-6+. The molecule has 3 N–H and O–H groups in total. The second kappa shape index (κ2) is 5.50. The lowest BCUT2D eigenvalue weighted by Gasteiger charge is -1.99. The molecule has 2 amide bonds. The van der Waals surface area contributed by atoms with E-state index in [0.717, 1.165) is 0 Å². The smallest absolute Gasteiger partial charge is 0.337 e. The number of hydrogen-bond donors (Lipinski definition) is 2. The quantitative estimate of drug-likeness (QED) is 0.441. The molecule has 0 aliphatic heterocycles. The van der Waals surface area contributed by atoms with Crippen molar-refractivity contribution in [3.63, 3.8) is 0 Å². The van der Waals surface area contributed by atoms with Crippen molar-refractivity contribution in [2.24, 2.45) is 10.8 Å². The summed E-state index contributed by atoms with van der Waals surface area (Å²) in [5.74, 6) is -0.432. The summed E-state index contributed by atoms with van der Waals surface area (Å²) < 4.78 is 4.56. The molecular formula is C10H11N3O3. The number of hydrazone groups is 1. The number of primary amides is 1. The Morgan fingerprint density at radius 2 is 2.25 bits per heavy atom. The van der Waals surface area contributed by atoms with E-state index in [1.54, 1.807) is 24.3 Å². The maximum Gasteiger partial charge on any atom is 0.337 e. The largest absolute Gasteiger partial charge is 0.465 e. The van der Waals surface area contributed by atoms with Crippen LogP contribution in [0.4, 0.5) is 4.79 Å². The zero-order valence-electron chi connectivity index (χ0n) is 8.64. The number of ether oxygens (including phenoxy) is 1. The van der Waals surface area contributed by atoms with Gasteiger partial charge in [0.25, 0.3) is 0 Å². The van der Waals surface area contributed by atoms with E-state index in [9.17, 15) is 9.59 Å². The van der Waals surface area contributed by atoms with Gasteiger partial charge in [0.2, 0.25) is 0 Å². The minimum Gasteiger partial charge on any atom is -0.465 e. The summed E-state index contributed by atoms with van der Waals surface area (Å²) in [6.07, 6.45) is 1.37. The summed E-state index contributed by atoms with van der Waals surface area (Å²) in [6.45, 7) is 0. The zero-order chi connectivity index (χ0) is 12.0. The summed E-state index contributed by atoms with van der Waals surface area (Å²) in [6, 6.07) is 5.85. The lowest BCUT2D eigenvalue weighted by atomic mass is 10.1. The predicted octanol–water partition coefficient (Wildman–Crippen LogP) is 0.475. The molecule has 1 rings (SSSR count). The van der Waals surface area contributed by atoms with E-state index in [-0.39, 0.29) is 0 Å².